The number of nitrogens with zero attached hydrogens (tertiary/aromatic N) is 5. The largest absolute Gasteiger partial charge is 0.463 e. The predicted molar refractivity (Wildman–Crippen MR) is 132 cm³/mol. The van der Waals surface area contributed by atoms with Crippen molar-refractivity contribution in [3.63, 3.8) is 0 Å². The molecule has 2 amide bonds. The normalized spacial score (nSPS) is 13.6. The molecule has 4 rings (SSSR count). The van der Waals surface area contributed by atoms with Gasteiger partial charge in [0, 0.05) is 54.6 Å². The van der Waals surface area contributed by atoms with E-state index >= 15 is 0 Å². The number of hydrogen-bond donors (Lipinski definition) is 2. The van der Waals surface area contributed by atoms with Crippen LogP contribution in [0.15, 0.2) is 60.1 Å². The Bertz CT molecular complexity index is 1260. The monoisotopic (exact) mass is 507 g/mol. The van der Waals surface area contributed by atoms with Crippen LogP contribution in [0.1, 0.15) is 28.8 Å². The average molecular weight is 508 g/mol. The van der Waals surface area contributed by atoms with Crippen LogP contribution < -0.4 is 16.2 Å². The van der Waals surface area contributed by atoms with E-state index in [0.717, 1.165) is 12.8 Å². The quantitative estimate of drug-likeness (QED) is 0.362. The molecule has 1 saturated heterocycles. The summed E-state index contributed by atoms with van der Waals surface area (Å²) >= 11 is 0. The van der Waals surface area contributed by atoms with Gasteiger partial charge in [-0.15, -0.1) is 4.99 Å². The topological polar surface area (TPSA) is 159 Å². The molecule has 1 aliphatic heterocycles. The fraction of sp³-hybridized carbons (Fsp3) is 0.280. The van der Waals surface area contributed by atoms with Crippen LogP contribution in [0.3, 0.4) is 0 Å². The molecule has 12 heteroatoms. The molecule has 0 atom stereocenters. The molecular weight excluding hydrogens is 481 g/mol. The van der Waals surface area contributed by atoms with E-state index in [-0.39, 0.29) is 35.6 Å². The summed E-state index contributed by atoms with van der Waals surface area (Å²) in [5, 5.41) is 0. The number of carbonyl (C=O) groups excluding carboxylic acids is 2. The summed E-state index contributed by atoms with van der Waals surface area (Å²) in [6, 6.07) is 8.36. The number of rotatable bonds is 7. The zero-order valence-electron chi connectivity index (χ0n) is 19.9. The molecule has 1 aromatic carbocycles. The third-order valence-electron chi connectivity index (χ3n) is 5.85. The molecule has 192 valence electrons. The van der Waals surface area contributed by atoms with Crippen LogP contribution in [0.25, 0.3) is 11.1 Å². The summed E-state index contributed by atoms with van der Waals surface area (Å²) in [6.07, 6.45) is 6.73. The van der Waals surface area contributed by atoms with Gasteiger partial charge in [-0.25, -0.2) is 19.2 Å². The second-order valence-corrected chi connectivity index (χ2v) is 8.41. The number of piperidine rings is 1. The van der Waals surface area contributed by atoms with Crippen molar-refractivity contribution in [3.8, 4) is 17.1 Å². The highest BCUT2D eigenvalue weighted by Crippen LogP contribution is 2.26. The van der Waals surface area contributed by atoms with Gasteiger partial charge in [0.2, 0.25) is 0 Å². The Kier molecular flexibility index (Phi) is 8.18. The molecule has 0 saturated carbocycles. The van der Waals surface area contributed by atoms with Gasteiger partial charge in [0.15, 0.2) is 5.96 Å². The minimum Gasteiger partial charge on any atom is -0.463 e. The van der Waals surface area contributed by atoms with Gasteiger partial charge in [-0.05, 0) is 30.9 Å². The zero-order chi connectivity index (χ0) is 26.2. The highest BCUT2D eigenvalue weighted by Gasteiger charge is 2.24. The van der Waals surface area contributed by atoms with Crippen LogP contribution in [-0.2, 0) is 11.3 Å². The van der Waals surface area contributed by atoms with Crippen LogP contribution in [0.5, 0.6) is 6.01 Å². The van der Waals surface area contributed by atoms with E-state index < -0.39 is 17.9 Å². The number of amides is 2. The summed E-state index contributed by atoms with van der Waals surface area (Å²) < 4.78 is 25.6. The lowest BCUT2D eigenvalue weighted by Gasteiger charge is -2.31. The lowest BCUT2D eigenvalue weighted by molar-refractivity contribution is 0.0657. The number of guanidine groups is 1. The van der Waals surface area contributed by atoms with Crippen molar-refractivity contribution in [2.75, 3.05) is 19.7 Å². The Hall–Kier alpha value is -4.61. The van der Waals surface area contributed by atoms with Crippen LogP contribution in [0.2, 0.25) is 0 Å². The third kappa shape index (κ3) is 6.75. The van der Waals surface area contributed by atoms with Gasteiger partial charge in [-0.1, -0.05) is 18.2 Å². The van der Waals surface area contributed by atoms with Crippen molar-refractivity contribution in [2.24, 2.45) is 22.4 Å². The van der Waals surface area contributed by atoms with Crippen molar-refractivity contribution >= 4 is 18.0 Å². The highest BCUT2D eigenvalue weighted by atomic mass is 19.1. The number of carbonyl (C=O) groups is 2. The lowest BCUT2D eigenvalue weighted by Crippen LogP contribution is -2.39. The molecule has 0 radical (unpaired) electrons. The van der Waals surface area contributed by atoms with Gasteiger partial charge in [0.1, 0.15) is 12.4 Å². The summed E-state index contributed by atoms with van der Waals surface area (Å²) in [4.78, 5) is 41.5. The molecule has 4 N–H and O–H groups in total. The maximum atomic E-state index is 15.0. The number of hydrogen-bond acceptors (Lipinski definition) is 7. The number of nitrogens with two attached hydrogens (primary N) is 2. The lowest BCUT2D eigenvalue weighted by atomic mass is 9.97. The SMILES string of the molecule is NC(N)=NC(=O)OCc1cccc(-c2cnc(OCC3CCN(C(=O)c4cccnc4)CC3)nc2)c1F. The molecule has 0 aliphatic carbocycles. The first-order valence-electron chi connectivity index (χ1n) is 11.6. The first-order valence-corrected chi connectivity index (χ1v) is 11.6. The van der Waals surface area contributed by atoms with Gasteiger partial charge in [0.25, 0.3) is 5.91 Å². The molecular formula is C25H26FN7O4. The Balaban J connectivity index is 1.29. The number of pyridine rings is 1. The minimum absolute atomic E-state index is 0.0189. The molecule has 3 heterocycles. The van der Waals surface area contributed by atoms with Crippen LogP contribution >= 0.6 is 0 Å². The van der Waals surface area contributed by atoms with Crippen molar-refractivity contribution in [1.29, 1.82) is 0 Å². The number of aliphatic imine (C=N–C) groups is 1. The van der Waals surface area contributed by atoms with Gasteiger partial charge in [-0.2, -0.15) is 0 Å². The first kappa shape index (κ1) is 25.5. The van der Waals surface area contributed by atoms with Crippen molar-refractivity contribution in [3.05, 3.63) is 72.1 Å². The third-order valence-corrected chi connectivity index (χ3v) is 5.85. The maximum Gasteiger partial charge on any atom is 0.437 e. The smallest absolute Gasteiger partial charge is 0.437 e. The van der Waals surface area contributed by atoms with Crippen molar-refractivity contribution < 1.29 is 23.5 Å². The number of halogens is 1. The van der Waals surface area contributed by atoms with E-state index in [1.807, 2.05) is 4.90 Å². The van der Waals surface area contributed by atoms with Gasteiger partial charge in [0.05, 0.1) is 12.2 Å². The Morgan fingerprint density at radius 2 is 1.84 bits per heavy atom. The van der Waals surface area contributed by atoms with Crippen LogP contribution in [-0.4, -0.2) is 57.5 Å². The number of benzene rings is 1. The molecule has 2 aromatic heterocycles. The summed E-state index contributed by atoms with van der Waals surface area (Å²) in [7, 11) is 0. The van der Waals surface area contributed by atoms with E-state index in [0.29, 0.717) is 30.8 Å². The Labute approximate surface area is 212 Å². The molecule has 0 bridgehead atoms. The number of likely N-dealkylation sites (tertiary alicyclic amines) is 1. The fourth-order valence-electron chi connectivity index (χ4n) is 3.89. The summed E-state index contributed by atoms with van der Waals surface area (Å²) in [6.45, 7) is 1.35. The van der Waals surface area contributed by atoms with Crippen molar-refractivity contribution in [1.82, 2.24) is 19.9 Å². The van der Waals surface area contributed by atoms with E-state index in [1.165, 1.54) is 18.5 Å². The Morgan fingerprint density at radius 1 is 1.08 bits per heavy atom. The van der Waals surface area contributed by atoms with Gasteiger partial charge in [-0.3, -0.25) is 9.78 Å². The molecule has 0 spiro atoms. The molecule has 1 fully saturated rings. The predicted octanol–water partition coefficient (Wildman–Crippen LogP) is 2.52. The van der Waals surface area contributed by atoms with E-state index in [4.69, 9.17) is 20.9 Å². The van der Waals surface area contributed by atoms with Crippen LogP contribution in [0, 0.1) is 11.7 Å². The second-order valence-electron chi connectivity index (χ2n) is 8.41. The molecule has 1 aliphatic rings. The highest BCUT2D eigenvalue weighted by molar-refractivity contribution is 5.93. The number of ether oxygens (including phenoxy) is 2. The zero-order valence-corrected chi connectivity index (χ0v) is 19.9. The van der Waals surface area contributed by atoms with Gasteiger partial charge >= 0.3 is 12.1 Å². The molecule has 0 unspecified atom stereocenters. The maximum absolute atomic E-state index is 15.0. The molecule has 11 nitrogen and oxygen atoms in total. The average Bonchev–Trinajstić information content (AvgIpc) is 2.92. The standard InChI is InChI=1S/C25H26FN7O4/c26-21-18(15-37-25(35)32-23(27)28)3-1-5-20(21)19-12-30-24(31-13-19)36-14-16-6-9-33(10-7-16)22(34)17-4-2-8-29-11-17/h1-5,8,11-13,16H,6-7,9-10,14-15H2,(H4,27,28,32,35). The van der Waals surface area contributed by atoms with Gasteiger partial charge < -0.3 is 25.8 Å². The minimum atomic E-state index is -1.01. The van der Waals surface area contributed by atoms with Crippen molar-refractivity contribution in [2.45, 2.75) is 19.4 Å². The first-order chi connectivity index (χ1) is 17.9. The van der Waals surface area contributed by atoms with E-state index in [9.17, 15) is 14.0 Å². The van der Waals surface area contributed by atoms with Crippen LogP contribution in [0.4, 0.5) is 9.18 Å². The van der Waals surface area contributed by atoms with E-state index in [2.05, 4.69) is 19.9 Å². The Morgan fingerprint density at radius 3 is 2.51 bits per heavy atom. The summed E-state index contributed by atoms with van der Waals surface area (Å²) in [5.41, 5.74) is 11.6. The molecule has 37 heavy (non-hydrogen) atoms. The van der Waals surface area contributed by atoms with E-state index in [1.54, 1.807) is 36.7 Å². The number of aromatic nitrogens is 3. The fourth-order valence-corrected chi connectivity index (χ4v) is 3.89. The summed E-state index contributed by atoms with van der Waals surface area (Å²) in [5.74, 6) is -0.781. The second kappa shape index (κ2) is 11.9. The molecule has 3 aromatic rings.